The summed E-state index contributed by atoms with van der Waals surface area (Å²) < 4.78 is 5.62. The third kappa shape index (κ3) is 2.28. The van der Waals surface area contributed by atoms with E-state index in [-0.39, 0.29) is 24.3 Å². The summed E-state index contributed by atoms with van der Waals surface area (Å²) in [7, 11) is 1.64. The van der Waals surface area contributed by atoms with Gasteiger partial charge in [0.25, 0.3) is 5.91 Å². The van der Waals surface area contributed by atoms with Crippen molar-refractivity contribution in [3.63, 3.8) is 0 Å². The molecule has 3 heterocycles. The van der Waals surface area contributed by atoms with E-state index in [2.05, 4.69) is 4.98 Å². The molecular formula is C22H22N4O3. The molecule has 0 saturated carbocycles. The number of hydrogen-bond acceptors (Lipinski definition) is 4. The Bertz CT molecular complexity index is 1150. The van der Waals surface area contributed by atoms with Crippen LogP contribution in [0.5, 0.6) is 5.75 Å². The quantitative estimate of drug-likeness (QED) is 0.518. The number of aromatic nitrogens is 1. The molecule has 0 unspecified atom stereocenters. The molecule has 7 nitrogen and oxygen atoms in total. The first-order valence-electron chi connectivity index (χ1n) is 9.58. The van der Waals surface area contributed by atoms with Crippen molar-refractivity contribution in [2.24, 2.45) is 5.84 Å². The molecule has 2 atom stereocenters. The normalized spacial score (nSPS) is 23.9. The number of nitrogens with one attached hydrogen (secondary N) is 1. The van der Waals surface area contributed by atoms with Gasteiger partial charge >= 0.3 is 0 Å². The number of aromatic amines is 1. The van der Waals surface area contributed by atoms with Crippen LogP contribution in [-0.4, -0.2) is 46.9 Å². The summed E-state index contributed by atoms with van der Waals surface area (Å²) in [5, 5.41) is 2.06. The Labute approximate surface area is 168 Å². The van der Waals surface area contributed by atoms with E-state index in [1.54, 1.807) is 18.9 Å². The van der Waals surface area contributed by atoms with Gasteiger partial charge in [-0.2, -0.15) is 0 Å². The lowest BCUT2D eigenvalue weighted by Gasteiger charge is -2.50. The van der Waals surface area contributed by atoms with Crippen molar-refractivity contribution in [3.05, 3.63) is 65.4 Å². The topological polar surface area (TPSA) is 91.7 Å². The number of fused-ring (bicyclic) bond motifs is 5. The van der Waals surface area contributed by atoms with Crippen LogP contribution in [0.1, 0.15) is 29.7 Å². The summed E-state index contributed by atoms with van der Waals surface area (Å²) in [5.74, 6) is 6.07. The van der Waals surface area contributed by atoms with Gasteiger partial charge in [0.05, 0.1) is 12.8 Å². The zero-order valence-electron chi connectivity index (χ0n) is 16.3. The van der Waals surface area contributed by atoms with Gasteiger partial charge in [0, 0.05) is 28.9 Å². The molecule has 148 valence electrons. The standard InChI is InChI=1S/C22H22N4O3/c1-22-20-19(14-8-3-5-9-16(14)24-20)15(13-7-4-6-10-17(13)29-2)11-25(22)18(27)12-26(23)21(22)28/h3-10,15,24H,11-12,23H2,1-2H3/t15-,22-/m0/s1. The van der Waals surface area contributed by atoms with E-state index >= 15 is 0 Å². The Morgan fingerprint density at radius 1 is 1.14 bits per heavy atom. The third-order valence-corrected chi connectivity index (χ3v) is 6.28. The maximum atomic E-state index is 13.2. The highest BCUT2D eigenvalue weighted by Crippen LogP contribution is 2.49. The Hall–Kier alpha value is -3.32. The number of benzene rings is 2. The van der Waals surface area contributed by atoms with Crippen molar-refractivity contribution in [3.8, 4) is 5.75 Å². The van der Waals surface area contributed by atoms with Gasteiger partial charge in [-0.3, -0.25) is 14.6 Å². The Kier molecular flexibility index (Phi) is 3.73. The molecule has 0 radical (unpaired) electrons. The lowest BCUT2D eigenvalue weighted by atomic mass is 9.76. The average Bonchev–Trinajstić information content (AvgIpc) is 3.13. The number of carbonyl (C=O) groups is 2. The third-order valence-electron chi connectivity index (χ3n) is 6.28. The molecular weight excluding hydrogens is 368 g/mol. The second-order valence-electron chi connectivity index (χ2n) is 7.76. The fraction of sp³-hybridized carbons (Fsp3) is 0.273. The maximum absolute atomic E-state index is 13.2. The molecule has 3 aromatic rings. The fourth-order valence-corrected chi connectivity index (χ4v) is 4.87. The molecule has 1 saturated heterocycles. The summed E-state index contributed by atoms with van der Waals surface area (Å²) in [5.41, 5.74) is 2.47. The number of hydrazine groups is 1. The van der Waals surface area contributed by atoms with Gasteiger partial charge in [0.1, 0.15) is 12.3 Å². The second kappa shape index (κ2) is 6.09. The van der Waals surface area contributed by atoms with Crippen LogP contribution in [0.15, 0.2) is 48.5 Å². The highest BCUT2D eigenvalue weighted by Gasteiger charge is 2.56. The number of ether oxygens (including phenoxy) is 1. The number of nitrogens with zero attached hydrogens (tertiary/aromatic N) is 2. The van der Waals surface area contributed by atoms with Crippen LogP contribution in [0.4, 0.5) is 0 Å². The minimum absolute atomic E-state index is 0.122. The molecule has 7 heteroatoms. The van der Waals surface area contributed by atoms with Crippen LogP contribution in [0.2, 0.25) is 0 Å². The largest absolute Gasteiger partial charge is 0.496 e. The zero-order valence-corrected chi connectivity index (χ0v) is 16.3. The van der Waals surface area contributed by atoms with E-state index in [0.29, 0.717) is 12.2 Å². The minimum Gasteiger partial charge on any atom is -0.496 e. The summed E-state index contributed by atoms with van der Waals surface area (Å²) >= 11 is 0. The van der Waals surface area contributed by atoms with Crippen LogP contribution >= 0.6 is 0 Å². The minimum atomic E-state index is -1.17. The number of amides is 2. The van der Waals surface area contributed by atoms with E-state index in [4.69, 9.17) is 10.6 Å². The van der Waals surface area contributed by atoms with Gasteiger partial charge in [-0.1, -0.05) is 36.4 Å². The molecule has 2 aromatic carbocycles. The monoisotopic (exact) mass is 390 g/mol. The van der Waals surface area contributed by atoms with Gasteiger partial charge in [-0.05, 0) is 24.6 Å². The van der Waals surface area contributed by atoms with Crippen molar-refractivity contribution < 1.29 is 14.3 Å². The first-order valence-corrected chi connectivity index (χ1v) is 9.58. The van der Waals surface area contributed by atoms with Gasteiger partial charge in [0.2, 0.25) is 5.91 Å². The zero-order chi connectivity index (χ0) is 20.3. The molecule has 2 aliphatic rings. The van der Waals surface area contributed by atoms with Crippen LogP contribution in [0.3, 0.4) is 0 Å². The highest BCUT2D eigenvalue weighted by molar-refractivity contribution is 6.01. The highest BCUT2D eigenvalue weighted by atomic mass is 16.5. The lowest BCUT2D eigenvalue weighted by molar-refractivity contribution is -0.166. The molecule has 0 aliphatic carbocycles. The predicted molar refractivity (Wildman–Crippen MR) is 108 cm³/mol. The summed E-state index contributed by atoms with van der Waals surface area (Å²) in [6, 6.07) is 15.8. The molecule has 1 fully saturated rings. The van der Waals surface area contributed by atoms with Gasteiger partial charge in [-0.15, -0.1) is 0 Å². The lowest BCUT2D eigenvalue weighted by Crippen LogP contribution is -2.68. The van der Waals surface area contributed by atoms with Gasteiger partial charge < -0.3 is 14.6 Å². The van der Waals surface area contributed by atoms with Crippen LogP contribution in [0, 0.1) is 0 Å². The van der Waals surface area contributed by atoms with Gasteiger partial charge in [0.15, 0.2) is 5.54 Å². The first kappa shape index (κ1) is 17.8. The van der Waals surface area contributed by atoms with Crippen molar-refractivity contribution in [2.75, 3.05) is 20.2 Å². The number of piperazine rings is 1. The SMILES string of the molecule is COc1ccccc1[C@@H]1CN2C(=O)CN(N)C(=O)[C@]2(C)c2[nH]c3ccccc3c21. The number of carbonyl (C=O) groups excluding carboxylic acids is 2. The smallest absolute Gasteiger partial charge is 0.268 e. The molecule has 29 heavy (non-hydrogen) atoms. The van der Waals surface area contributed by atoms with E-state index in [1.165, 1.54) is 0 Å². The van der Waals surface area contributed by atoms with Gasteiger partial charge in [-0.25, -0.2) is 5.84 Å². The van der Waals surface area contributed by atoms with Crippen LogP contribution in [-0.2, 0) is 15.1 Å². The Morgan fingerprint density at radius 3 is 2.66 bits per heavy atom. The second-order valence-corrected chi connectivity index (χ2v) is 7.76. The molecule has 0 bridgehead atoms. The maximum Gasteiger partial charge on any atom is 0.268 e. The van der Waals surface area contributed by atoms with Crippen LogP contribution in [0.25, 0.3) is 10.9 Å². The molecule has 2 amide bonds. The average molecular weight is 390 g/mol. The summed E-state index contributed by atoms with van der Waals surface area (Å²) in [6.45, 7) is 2.03. The number of para-hydroxylation sites is 2. The van der Waals surface area contributed by atoms with Crippen LogP contribution < -0.4 is 10.6 Å². The molecule has 0 spiro atoms. The van der Waals surface area contributed by atoms with E-state index in [0.717, 1.165) is 32.8 Å². The molecule has 5 rings (SSSR count). The Balaban J connectivity index is 1.83. The van der Waals surface area contributed by atoms with Crippen molar-refractivity contribution >= 4 is 22.7 Å². The number of methoxy groups -OCH3 is 1. The number of hydrogen-bond donors (Lipinski definition) is 2. The fourth-order valence-electron chi connectivity index (χ4n) is 4.87. The van der Waals surface area contributed by atoms with Crippen molar-refractivity contribution in [2.45, 2.75) is 18.4 Å². The summed E-state index contributed by atoms with van der Waals surface area (Å²) in [4.78, 5) is 31.2. The van der Waals surface area contributed by atoms with E-state index in [9.17, 15) is 9.59 Å². The molecule has 2 aliphatic heterocycles. The molecule has 3 N–H and O–H groups in total. The number of H-pyrrole nitrogens is 1. The predicted octanol–water partition coefficient (Wildman–Crippen LogP) is 2.08. The van der Waals surface area contributed by atoms with E-state index < -0.39 is 5.54 Å². The number of rotatable bonds is 2. The number of nitrogens with two attached hydrogens (primary N) is 1. The summed E-state index contributed by atoms with van der Waals surface area (Å²) in [6.07, 6.45) is 0. The van der Waals surface area contributed by atoms with E-state index in [1.807, 2.05) is 48.5 Å². The Morgan fingerprint density at radius 2 is 1.86 bits per heavy atom. The van der Waals surface area contributed by atoms with Crippen molar-refractivity contribution in [1.82, 2.24) is 14.9 Å². The molecule has 1 aromatic heterocycles. The van der Waals surface area contributed by atoms with Crippen molar-refractivity contribution in [1.29, 1.82) is 0 Å². The first-order chi connectivity index (χ1) is 14.0.